The van der Waals surface area contributed by atoms with E-state index >= 15 is 0 Å². The van der Waals surface area contributed by atoms with E-state index in [1.54, 1.807) is 0 Å². The summed E-state index contributed by atoms with van der Waals surface area (Å²) in [7, 11) is 0. The van der Waals surface area contributed by atoms with Gasteiger partial charge in [-0.25, -0.2) is 0 Å². The normalized spacial score (nSPS) is 16.1. The van der Waals surface area contributed by atoms with Crippen molar-refractivity contribution in [3.8, 4) is 0 Å². The average Bonchev–Trinajstić information content (AvgIpc) is 2.80. The van der Waals surface area contributed by atoms with Crippen LogP contribution in [0.4, 0.5) is 11.4 Å². The summed E-state index contributed by atoms with van der Waals surface area (Å²) >= 11 is 0. The molecule has 1 heterocycles. The van der Waals surface area contributed by atoms with Crippen molar-refractivity contribution >= 4 is 23.1 Å². The number of rotatable bonds is 7. The van der Waals surface area contributed by atoms with Crippen LogP contribution in [0.25, 0.3) is 0 Å². The minimum atomic E-state index is -0.742. The molecule has 0 saturated heterocycles. The predicted molar refractivity (Wildman–Crippen MR) is 110 cm³/mol. The van der Waals surface area contributed by atoms with E-state index in [2.05, 4.69) is 61.0 Å². The van der Waals surface area contributed by atoms with Crippen LogP contribution in [0.1, 0.15) is 38.3 Å². The maximum Gasteiger partial charge on any atom is 0.303 e. The minimum absolute atomic E-state index is 0.0669. The van der Waals surface area contributed by atoms with Crippen molar-refractivity contribution in [2.45, 2.75) is 39.5 Å². The van der Waals surface area contributed by atoms with Gasteiger partial charge in [0.15, 0.2) is 12.3 Å². The van der Waals surface area contributed by atoms with Crippen LogP contribution in [0.15, 0.2) is 48.5 Å². The van der Waals surface area contributed by atoms with Gasteiger partial charge in [-0.1, -0.05) is 36.8 Å². The highest BCUT2D eigenvalue weighted by Gasteiger charge is 2.45. The Hall–Kier alpha value is -2.62. The lowest BCUT2D eigenvalue weighted by Crippen LogP contribution is -2.36. The highest BCUT2D eigenvalue weighted by molar-refractivity contribution is 5.98. The average molecular weight is 365 g/mol. The largest absolute Gasteiger partial charge is 0.481 e. The molecule has 4 nitrogen and oxygen atoms in total. The third-order valence-corrected chi connectivity index (χ3v) is 5.41. The molecule has 0 spiro atoms. The van der Waals surface area contributed by atoms with Crippen LogP contribution in [0, 0.1) is 12.8 Å². The summed E-state index contributed by atoms with van der Waals surface area (Å²) in [5, 5.41) is 12.7. The Morgan fingerprint density at radius 2 is 1.89 bits per heavy atom. The van der Waals surface area contributed by atoms with E-state index in [9.17, 15) is 9.90 Å². The number of hydrogen-bond acceptors (Lipinski definition) is 2. The van der Waals surface area contributed by atoms with Crippen molar-refractivity contribution in [3.63, 3.8) is 0 Å². The third kappa shape index (κ3) is 4.05. The summed E-state index contributed by atoms with van der Waals surface area (Å²) in [6.07, 6.45) is 0.178. The maximum atomic E-state index is 11.2. The van der Waals surface area contributed by atoms with Crippen molar-refractivity contribution in [2.75, 3.05) is 18.4 Å². The van der Waals surface area contributed by atoms with Gasteiger partial charge in [0.2, 0.25) is 5.69 Å². The number of anilines is 1. The van der Waals surface area contributed by atoms with Gasteiger partial charge in [-0.15, -0.1) is 0 Å². The molecule has 0 radical (unpaired) electrons. The molecular weight excluding hydrogens is 336 g/mol. The molecule has 0 fully saturated rings. The predicted octanol–water partition coefficient (Wildman–Crippen LogP) is 4.59. The zero-order valence-corrected chi connectivity index (χ0v) is 16.6. The van der Waals surface area contributed by atoms with Crippen molar-refractivity contribution in [1.82, 2.24) is 0 Å². The Kier molecular flexibility index (Phi) is 5.36. The summed E-state index contributed by atoms with van der Waals surface area (Å²) in [4.78, 5) is 11.2. The Balaban J connectivity index is 1.97. The molecule has 0 bridgehead atoms. The fourth-order valence-electron chi connectivity index (χ4n) is 3.97. The number of carbonyl (C=O) groups is 1. The number of nitrogens with one attached hydrogen (secondary N) is 1. The number of carboxylic acid groups (broad SMARTS) is 1. The zero-order chi connectivity index (χ0) is 19.6. The third-order valence-electron chi connectivity index (χ3n) is 5.41. The Labute approximate surface area is 161 Å². The molecule has 0 amide bonds. The second-order valence-electron chi connectivity index (χ2n) is 8.13. The molecule has 27 heavy (non-hydrogen) atoms. The summed E-state index contributed by atoms with van der Waals surface area (Å²) in [5.41, 5.74) is 6.03. The lowest BCUT2D eigenvalue weighted by atomic mass is 9.81. The first-order chi connectivity index (χ1) is 12.8. The summed E-state index contributed by atoms with van der Waals surface area (Å²) in [6, 6.07) is 16.8. The molecule has 1 aliphatic rings. The quantitative estimate of drug-likeness (QED) is 0.706. The van der Waals surface area contributed by atoms with Crippen LogP contribution in [0.2, 0.25) is 0 Å². The van der Waals surface area contributed by atoms with Crippen molar-refractivity contribution < 1.29 is 14.5 Å². The second kappa shape index (κ2) is 7.55. The van der Waals surface area contributed by atoms with E-state index in [-0.39, 0.29) is 17.8 Å². The van der Waals surface area contributed by atoms with Crippen LogP contribution in [0.3, 0.4) is 0 Å². The van der Waals surface area contributed by atoms with E-state index < -0.39 is 5.97 Å². The molecule has 2 N–H and O–H groups in total. The van der Waals surface area contributed by atoms with E-state index in [4.69, 9.17) is 0 Å². The summed E-state index contributed by atoms with van der Waals surface area (Å²) < 4.78 is 2.33. The van der Waals surface area contributed by atoms with Gasteiger partial charge in [0.25, 0.3) is 0 Å². The molecule has 1 unspecified atom stereocenters. The number of fused-ring (bicyclic) bond motifs is 1. The van der Waals surface area contributed by atoms with Gasteiger partial charge in [-0.05, 0) is 39.0 Å². The molecular formula is C23H29N2O2+. The molecule has 4 heteroatoms. The van der Waals surface area contributed by atoms with E-state index in [0.29, 0.717) is 6.54 Å². The molecule has 2 aromatic carbocycles. The monoisotopic (exact) mass is 365 g/mol. The lowest BCUT2D eigenvalue weighted by molar-refractivity contribution is -0.447. The van der Waals surface area contributed by atoms with Gasteiger partial charge in [0.1, 0.15) is 0 Å². The van der Waals surface area contributed by atoms with Crippen LogP contribution in [0.5, 0.6) is 0 Å². The second-order valence-corrected chi connectivity index (χ2v) is 8.13. The van der Waals surface area contributed by atoms with Crippen molar-refractivity contribution in [2.24, 2.45) is 5.92 Å². The first-order valence-corrected chi connectivity index (χ1v) is 9.54. The molecule has 0 aromatic heterocycles. The topological polar surface area (TPSA) is 52.3 Å². The Morgan fingerprint density at radius 3 is 2.56 bits per heavy atom. The molecule has 3 rings (SSSR count). The fourth-order valence-corrected chi connectivity index (χ4v) is 3.97. The van der Waals surface area contributed by atoms with Crippen LogP contribution >= 0.6 is 0 Å². The molecule has 2 aromatic rings. The number of para-hydroxylation sites is 1. The van der Waals surface area contributed by atoms with Crippen LogP contribution < -0.4 is 5.32 Å². The van der Waals surface area contributed by atoms with Gasteiger partial charge in [-0.3, -0.25) is 4.79 Å². The van der Waals surface area contributed by atoms with Gasteiger partial charge in [-0.2, -0.15) is 4.58 Å². The summed E-state index contributed by atoms with van der Waals surface area (Å²) in [5.74, 6) is -0.675. The van der Waals surface area contributed by atoms with Crippen molar-refractivity contribution in [3.05, 3.63) is 59.7 Å². The van der Waals surface area contributed by atoms with Crippen LogP contribution in [-0.4, -0.2) is 34.5 Å². The molecule has 1 aliphatic heterocycles. The SMILES string of the molecule is Cc1ccc2c(c1)C(C)(C)C(CNc1ccccc1)=[N+]2CC(C)CC(=O)O. The smallest absolute Gasteiger partial charge is 0.303 e. The minimum Gasteiger partial charge on any atom is -0.481 e. The maximum absolute atomic E-state index is 11.2. The number of carboxylic acids is 1. The van der Waals surface area contributed by atoms with Gasteiger partial charge < -0.3 is 10.4 Å². The Morgan fingerprint density at radius 1 is 1.19 bits per heavy atom. The zero-order valence-electron chi connectivity index (χ0n) is 16.6. The Bertz CT molecular complexity index is 869. The van der Waals surface area contributed by atoms with Crippen molar-refractivity contribution in [1.29, 1.82) is 0 Å². The standard InChI is InChI=1S/C23H28N2O2/c1-16-10-11-20-19(12-16)23(3,4)21(14-24-18-8-6-5-7-9-18)25(20)15-17(2)13-22(26)27/h5-12,17,24H,13-15H2,1-4H3/p+1. The van der Waals surface area contributed by atoms with Gasteiger partial charge in [0, 0.05) is 23.2 Å². The molecule has 142 valence electrons. The first-order valence-electron chi connectivity index (χ1n) is 9.54. The van der Waals surface area contributed by atoms with Gasteiger partial charge in [0.05, 0.1) is 18.4 Å². The van der Waals surface area contributed by atoms with Gasteiger partial charge >= 0.3 is 5.97 Å². The lowest BCUT2D eigenvalue weighted by Gasteiger charge is -2.19. The number of aryl methyl sites for hydroxylation is 1. The molecule has 0 aliphatic carbocycles. The number of hydrogen-bond donors (Lipinski definition) is 2. The highest BCUT2D eigenvalue weighted by Crippen LogP contribution is 2.40. The number of benzene rings is 2. The fraction of sp³-hybridized carbons (Fsp3) is 0.391. The highest BCUT2D eigenvalue weighted by atomic mass is 16.4. The summed E-state index contributed by atoms with van der Waals surface area (Å²) in [6.45, 7) is 10.1. The molecule has 1 atom stereocenters. The number of nitrogens with zero attached hydrogens (tertiary/aromatic N) is 1. The molecule has 0 saturated carbocycles. The number of aliphatic carboxylic acids is 1. The van der Waals surface area contributed by atoms with E-state index in [0.717, 1.165) is 12.2 Å². The van der Waals surface area contributed by atoms with Crippen LogP contribution in [-0.2, 0) is 10.2 Å². The van der Waals surface area contributed by atoms with E-state index in [1.165, 1.54) is 22.5 Å². The first kappa shape index (κ1) is 19.2. The van der Waals surface area contributed by atoms with E-state index in [1.807, 2.05) is 25.1 Å².